The molecule has 0 bridgehead atoms. The van der Waals surface area contributed by atoms with Gasteiger partial charge in [-0.1, -0.05) is 48.5 Å². The minimum absolute atomic E-state index is 0.121. The highest BCUT2D eigenvalue weighted by molar-refractivity contribution is 5.77. The maximum atomic E-state index is 9.48. The summed E-state index contributed by atoms with van der Waals surface area (Å²) in [6.07, 6.45) is 0. The topological polar surface area (TPSA) is 41.5 Å². The van der Waals surface area contributed by atoms with E-state index in [1.807, 2.05) is 30.3 Å². The van der Waals surface area contributed by atoms with E-state index >= 15 is 0 Å². The Morgan fingerprint density at radius 2 is 1.70 bits per heavy atom. The van der Waals surface area contributed by atoms with E-state index in [4.69, 9.17) is 4.74 Å². The zero-order valence-electron chi connectivity index (χ0n) is 11.4. The normalized spacial score (nSPS) is 16.4. The van der Waals surface area contributed by atoms with Crippen LogP contribution in [0.2, 0.25) is 0 Å². The van der Waals surface area contributed by atoms with Crippen LogP contribution in [0, 0.1) is 5.41 Å². The van der Waals surface area contributed by atoms with Crippen molar-refractivity contribution in [1.82, 2.24) is 0 Å². The molecule has 0 spiro atoms. The van der Waals surface area contributed by atoms with Crippen LogP contribution in [-0.2, 0) is 4.74 Å². The van der Waals surface area contributed by atoms with Crippen molar-refractivity contribution in [2.24, 2.45) is 5.41 Å². The summed E-state index contributed by atoms with van der Waals surface area (Å²) >= 11 is 0. The molecule has 1 aliphatic rings. The fourth-order valence-corrected chi connectivity index (χ4v) is 2.43. The van der Waals surface area contributed by atoms with Crippen LogP contribution in [0.25, 0.3) is 11.1 Å². The number of nitrogens with one attached hydrogen (secondary N) is 1. The Morgan fingerprint density at radius 3 is 2.35 bits per heavy atom. The molecule has 104 valence electrons. The predicted octanol–water partition coefficient (Wildman–Crippen LogP) is 2.77. The minimum Gasteiger partial charge on any atom is -0.396 e. The summed E-state index contributed by atoms with van der Waals surface area (Å²) in [6.45, 7) is 2.15. The predicted molar refractivity (Wildman–Crippen MR) is 80.7 cm³/mol. The molecule has 3 rings (SSSR count). The van der Waals surface area contributed by atoms with Gasteiger partial charge in [-0.2, -0.15) is 0 Å². The first kappa shape index (κ1) is 13.2. The molecule has 0 radical (unpaired) electrons. The van der Waals surface area contributed by atoms with Crippen LogP contribution in [0.4, 0.5) is 5.69 Å². The Labute approximate surface area is 119 Å². The second-order valence-corrected chi connectivity index (χ2v) is 5.42. The summed E-state index contributed by atoms with van der Waals surface area (Å²) in [5, 5.41) is 12.9. The van der Waals surface area contributed by atoms with Gasteiger partial charge in [0.1, 0.15) is 0 Å². The fraction of sp³-hybridized carbons (Fsp3) is 0.294. The van der Waals surface area contributed by atoms with Gasteiger partial charge in [0.15, 0.2) is 0 Å². The molecule has 0 unspecified atom stereocenters. The highest BCUT2D eigenvalue weighted by Crippen LogP contribution is 2.31. The summed E-state index contributed by atoms with van der Waals surface area (Å²) in [7, 11) is 0. The molecule has 1 saturated heterocycles. The summed E-state index contributed by atoms with van der Waals surface area (Å²) in [5.41, 5.74) is 3.35. The van der Waals surface area contributed by atoms with Gasteiger partial charge in [0.25, 0.3) is 0 Å². The van der Waals surface area contributed by atoms with Crippen molar-refractivity contribution in [2.45, 2.75) is 0 Å². The lowest BCUT2D eigenvalue weighted by atomic mass is 9.87. The minimum atomic E-state index is -0.121. The standard InChI is InChI=1S/C17H19NO2/c19-11-17(12-20-13-17)10-18-16-9-5-4-8-15(16)14-6-2-1-3-7-14/h1-9,18-19H,10-13H2. The average molecular weight is 269 g/mol. The molecule has 0 amide bonds. The molecule has 3 heteroatoms. The molecule has 0 saturated carbocycles. The molecule has 2 N–H and O–H groups in total. The zero-order chi connectivity index (χ0) is 13.8. The van der Waals surface area contributed by atoms with Crippen LogP contribution in [-0.4, -0.2) is 31.5 Å². The lowest BCUT2D eigenvalue weighted by Gasteiger charge is -2.40. The third-order valence-corrected chi connectivity index (χ3v) is 3.82. The van der Waals surface area contributed by atoms with Crippen molar-refractivity contribution in [2.75, 3.05) is 31.7 Å². The van der Waals surface area contributed by atoms with Crippen LogP contribution < -0.4 is 5.32 Å². The Kier molecular flexibility index (Phi) is 3.72. The second kappa shape index (κ2) is 5.65. The molecule has 2 aromatic carbocycles. The molecule has 0 atom stereocenters. The zero-order valence-corrected chi connectivity index (χ0v) is 11.4. The highest BCUT2D eigenvalue weighted by atomic mass is 16.5. The number of hydrogen-bond donors (Lipinski definition) is 2. The van der Waals surface area contributed by atoms with Crippen molar-refractivity contribution in [3.8, 4) is 11.1 Å². The van der Waals surface area contributed by atoms with Crippen molar-refractivity contribution in [3.05, 3.63) is 54.6 Å². The van der Waals surface area contributed by atoms with Gasteiger partial charge in [-0.25, -0.2) is 0 Å². The first-order valence-electron chi connectivity index (χ1n) is 6.90. The summed E-state index contributed by atoms with van der Waals surface area (Å²) in [6, 6.07) is 18.6. The second-order valence-electron chi connectivity index (χ2n) is 5.42. The number of hydrogen-bond acceptors (Lipinski definition) is 3. The maximum Gasteiger partial charge on any atom is 0.0584 e. The number of aliphatic hydroxyl groups is 1. The van der Waals surface area contributed by atoms with Gasteiger partial charge in [-0.3, -0.25) is 0 Å². The molecule has 3 nitrogen and oxygen atoms in total. The lowest BCUT2D eigenvalue weighted by molar-refractivity contribution is -0.128. The van der Waals surface area contributed by atoms with E-state index in [0.717, 1.165) is 12.2 Å². The van der Waals surface area contributed by atoms with Crippen molar-refractivity contribution < 1.29 is 9.84 Å². The van der Waals surface area contributed by atoms with Gasteiger partial charge < -0.3 is 15.2 Å². The van der Waals surface area contributed by atoms with E-state index in [-0.39, 0.29) is 12.0 Å². The van der Waals surface area contributed by atoms with Crippen LogP contribution in [0.3, 0.4) is 0 Å². The van der Waals surface area contributed by atoms with E-state index in [1.54, 1.807) is 0 Å². The quantitative estimate of drug-likeness (QED) is 0.877. The summed E-state index contributed by atoms with van der Waals surface area (Å²) < 4.78 is 5.23. The van der Waals surface area contributed by atoms with Crippen LogP contribution >= 0.6 is 0 Å². The monoisotopic (exact) mass is 269 g/mol. The summed E-state index contributed by atoms with van der Waals surface area (Å²) in [5.74, 6) is 0. The van der Waals surface area contributed by atoms with Gasteiger partial charge >= 0.3 is 0 Å². The van der Waals surface area contributed by atoms with Crippen LogP contribution in [0.15, 0.2) is 54.6 Å². The molecule has 20 heavy (non-hydrogen) atoms. The lowest BCUT2D eigenvalue weighted by Crippen LogP contribution is -2.50. The highest BCUT2D eigenvalue weighted by Gasteiger charge is 2.37. The number of rotatable bonds is 5. The third kappa shape index (κ3) is 2.55. The van der Waals surface area contributed by atoms with Gasteiger partial charge in [0.2, 0.25) is 0 Å². The van der Waals surface area contributed by atoms with Gasteiger partial charge in [0, 0.05) is 17.8 Å². The maximum absolute atomic E-state index is 9.48. The number of aliphatic hydroxyl groups excluding tert-OH is 1. The van der Waals surface area contributed by atoms with E-state index in [0.29, 0.717) is 13.2 Å². The van der Waals surface area contributed by atoms with E-state index in [2.05, 4.69) is 29.6 Å². The molecular weight excluding hydrogens is 250 g/mol. The van der Waals surface area contributed by atoms with Crippen LogP contribution in [0.5, 0.6) is 0 Å². The van der Waals surface area contributed by atoms with Crippen molar-refractivity contribution >= 4 is 5.69 Å². The smallest absolute Gasteiger partial charge is 0.0584 e. The van der Waals surface area contributed by atoms with E-state index < -0.39 is 0 Å². The molecule has 1 heterocycles. The third-order valence-electron chi connectivity index (χ3n) is 3.82. The van der Waals surface area contributed by atoms with Crippen molar-refractivity contribution in [1.29, 1.82) is 0 Å². The Hall–Kier alpha value is -1.84. The first-order valence-corrected chi connectivity index (χ1v) is 6.90. The fourth-order valence-electron chi connectivity index (χ4n) is 2.43. The Bertz CT molecular complexity index is 559. The number of benzene rings is 2. The summed E-state index contributed by atoms with van der Waals surface area (Å²) in [4.78, 5) is 0. The van der Waals surface area contributed by atoms with Crippen molar-refractivity contribution in [3.63, 3.8) is 0 Å². The van der Waals surface area contributed by atoms with E-state index in [1.165, 1.54) is 11.1 Å². The number of anilines is 1. The largest absolute Gasteiger partial charge is 0.396 e. The Balaban J connectivity index is 1.80. The molecule has 0 aliphatic carbocycles. The van der Waals surface area contributed by atoms with Crippen LogP contribution in [0.1, 0.15) is 0 Å². The van der Waals surface area contributed by atoms with E-state index in [9.17, 15) is 5.11 Å². The SMILES string of the molecule is OCC1(CNc2ccccc2-c2ccccc2)COC1. The number of ether oxygens (including phenoxy) is 1. The molecule has 0 aromatic heterocycles. The van der Waals surface area contributed by atoms with Gasteiger partial charge in [-0.05, 0) is 11.6 Å². The molecule has 1 fully saturated rings. The molecule has 1 aliphatic heterocycles. The molecular formula is C17H19NO2. The average Bonchev–Trinajstić information content (AvgIpc) is 2.48. The Morgan fingerprint density at radius 1 is 1.00 bits per heavy atom. The van der Waals surface area contributed by atoms with Gasteiger partial charge in [0.05, 0.1) is 25.2 Å². The number of para-hydroxylation sites is 1. The molecule has 2 aromatic rings. The van der Waals surface area contributed by atoms with Gasteiger partial charge in [-0.15, -0.1) is 0 Å². The first-order chi connectivity index (χ1) is 9.83.